The Labute approximate surface area is 66.5 Å². The first-order valence-electron chi connectivity index (χ1n) is 4.15. The first-order chi connectivity index (χ1) is 5.14. The van der Waals surface area contributed by atoms with Crippen LogP contribution < -0.4 is 5.73 Å². The highest BCUT2D eigenvalue weighted by atomic mass is 16.2. The molecule has 11 heavy (non-hydrogen) atoms. The van der Waals surface area contributed by atoms with Gasteiger partial charge in [0.05, 0.1) is 0 Å². The molecule has 0 unspecified atom stereocenters. The molecule has 1 heterocycles. The standard InChI is InChI=1S/C8H14N2O/c1-6(11)10-4-7(9)8(5-10)2-3-8/h7H,2-5,9H2,1H3/t7-/m1/s1. The number of amides is 1. The Kier molecular flexibility index (Phi) is 1.27. The van der Waals surface area contributed by atoms with Gasteiger partial charge < -0.3 is 10.6 Å². The van der Waals surface area contributed by atoms with Crippen molar-refractivity contribution in [3.63, 3.8) is 0 Å². The molecule has 1 saturated heterocycles. The van der Waals surface area contributed by atoms with Gasteiger partial charge in [-0.25, -0.2) is 0 Å². The Hall–Kier alpha value is -0.570. The zero-order chi connectivity index (χ0) is 8.06. The van der Waals surface area contributed by atoms with Crippen LogP contribution in [0.15, 0.2) is 0 Å². The van der Waals surface area contributed by atoms with Crippen molar-refractivity contribution in [3.05, 3.63) is 0 Å². The SMILES string of the molecule is CC(=O)N1C[C@@H](N)C2(CC2)C1. The van der Waals surface area contributed by atoms with E-state index in [2.05, 4.69) is 0 Å². The lowest BCUT2D eigenvalue weighted by molar-refractivity contribution is -0.128. The second-order valence-corrected chi connectivity index (χ2v) is 3.87. The molecule has 0 radical (unpaired) electrons. The molecule has 1 atom stereocenters. The third-order valence-electron chi connectivity index (χ3n) is 3.05. The minimum Gasteiger partial charge on any atom is -0.341 e. The van der Waals surface area contributed by atoms with E-state index >= 15 is 0 Å². The van der Waals surface area contributed by atoms with Gasteiger partial charge in [0.25, 0.3) is 0 Å². The van der Waals surface area contributed by atoms with E-state index in [-0.39, 0.29) is 11.9 Å². The maximum atomic E-state index is 11.0. The van der Waals surface area contributed by atoms with Gasteiger partial charge in [0, 0.05) is 31.5 Å². The molecule has 0 aromatic carbocycles. The summed E-state index contributed by atoms with van der Waals surface area (Å²) in [7, 11) is 0. The maximum absolute atomic E-state index is 11.0. The van der Waals surface area contributed by atoms with Crippen LogP contribution in [0.4, 0.5) is 0 Å². The summed E-state index contributed by atoms with van der Waals surface area (Å²) in [6.07, 6.45) is 2.44. The molecule has 1 saturated carbocycles. The molecule has 0 aromatic rings. The first-order valence-corrected chi connectivity index (χ1v) is 4.15. The van der Waals surface area contributed by atoms with Crippen LogP contribution in [0.5, 0.6) is 0 Å². The highest BCUT2D eigenvalue weighted by Crippen LogP contribution is 2.51. The summed E-state index contributed by atoms with van der Waals surface area (Å²) in [5.41, 5.74) is 6.25. The number of nitrogens with zero attached hydrogens (tertiary/aromatic N) is 1. The van der Waals surface area contributed by atoms with E-state index < -0.39 is 0 Å². The van der Waals surface area contributed by atoms with E-state index in [1.165, 1.54) is 12.8 Å². The molecule has 0 aromatic heterocycles. The molecule has 1 aliphatic carbocycles. The normalized spacial score (nSPS) is 32.9. The van der Waals surface area contributed by atoms with Crippen LogP contribution >= 0.6 is 0 Å². The number of nitrogens with two attached hydrogens (primary N) is 1. The summed E-state index contributed by atoms with van der Waals surface area (Å²) in [5.74, 6) is 0.171. The number of hydrogen-bond acceptors (Lipinski definition) is 2. The fourth-order valence-corrected chi connectivity index (χ4v) is 1.92. The van der Waals surface area contributed by atoms with Gasteiger partial charge in [-0.1, -0.05) is 0 Å². The van der Waals surface area contributed by atoms with Crippen molar-refractivity contribution in [1.82, 2.24) is 4.90 Å². The Bertz CT molecular complexity index is 198. The molecule has 2 fully saturated rings. The lowest BCUT2D eigenvalue weighted by Gasteiger charge is -2.11. The number of hydrogen-bond donors (Lipinski definition) is 1. The summed E-state index contributed by atoms with van der Waals surface area (Å²) >= 11 is 0. The number of likely N-dealkylation sites (tertiary alicyclic amines) is 1. The topological polar surface area (TPSA) is 46.3 Å². The number of carbonyl (C=O) groups excluding carboxylic acids is 1. The Morgan fingerprint density at radius 1 is 1.64 bits per heavy atom. The highest BCUT2D eigenvalue weighted by molar-refractivity contribution is 5.73. The average molecular weight is 154 g/mol. The molecule has 62 valence electrons. The van der Waals surface area contributed by atoms with E-state index in [1.54, 1.807) is 6.92 Å². The van der Waals surface area contributed by atoms with E-state index in [9.17, 15) is 4.79 Å². The molecule has 0 bridgehead atoms. The molecule has 2 rings (SSSR count). The van der Waals surface area contributed by atoms with Gasteiger partial charge in [0.1, 0.15) is 0 Å². The first kappa shape index (κ1) is 7.10. The van der Waals surface area contributed by atoms with Gasteiger partial charge in [0.15, 0.2) is 0 Å². The smallest absolute Gasteiger partial charge is 0.219 e. The van der Waals surface area contributed by atoms with Gasteiger partial charge in [-0.3, -0.25) is 4.79 Å². The largest absolute Gasteiger partial charge is 0.341 e. The van der Waals surface area contributed by atoms with Crippen molar-refractivity contribution < 1.29 is 4.79 Å². The minimum atomic E-state index is 0.171. The second-order valence-electron chi connectivity index (χ2n) is 3.87. The van der Waals surface area contributed by atoms with Gasteiger partial charge in [-0.15, -0.1) is 0 Å². The fourth-order valence-electron chi connectivity index (χ4n) is 1.92. The zero-order valence-electron chi connectivity index (χ0n) is 6.84. The molecular weight excluding hydrogens is 140 g/mol. The molecule has 1 spiro atoms. The van der Waals surface area contributed by atoms with Crippen LogP contribution in [-0.2, 0) is 4.79 Å². The Balaban J connectivity index is 2.07. The van der Waals surface area contributed by atoms with Gasteiger partial charge in [0.2, 0.25) is 5.91 Å². The van der Waals surface area contributed by atoms with Crippen molar-refractivity contribution in [2.24, 2.45) is 11.1 Å². The predicted octanol–water partition coefficient (Wildman–Crippen LogP) is -0.0440. The van der Waals surface area contributed by atoms with E-state index in [4.69, 9.17) is 5.73 Å². The summed E-state index contributed by atoms with van der Waals surface area (Å²) < 4.78 is 0. The Morgan fingerprint density at radius 3 is 2.55 bits per heavy atom. The van der Waals surface area contributed by atoms with Crippen molar-refractivity contribution >= 4 is 5.91 Å². The van der Waals surface area contributed by atoms with Gasteiger partial charge in [-0.05, 0) is 12.8 Å². The average Bonchev–Trinajstić information content (AvgIpc) is 2.59. The molecular formula is C8H14N2O. The second kappa shape index (κ2) is 1.97. The van der Waals surface area contributed by atoms with Crippen molar-refractivity contribution in [3.8, 4) is 0 Å². The number of carbonyl (C=O) groups is 1. The molecule has 3 heteroatoms. The van der Waals surface area contributed by atoms with Crippen LogP contribution in [0.2, 0.25) is 0 Å². The lowest BCUT2D eigenvalue weighted by atomic mass is 10.0. The summed E-state index contributed by atoms with van der Waals surface area (Å²) in [4.78, 5) is 12.9. The third-order valence-corrected chi connectivity index (χ3v) is 3.05. The van der Waals surface area contributed by atoms with E-state index in [1.807, 2.05) is 4.90 Å². The van der Waals surface area contributed by atoms with Crippen LogP contribution in [0.25, 0.3) is 0 Å². The summed E-state index contributed by atoms with van der Waals surface area (Å²) in [5, 5.41) is 0. The van der Waals surface area contributed by atoms with Crippen LogP contribution in [0.1, 0.15) is 19.8 Å². The van der Waals surface area contributed by atoms with Crippen molar-refractivity contribution in [1.29, 1.82) is 0 Å². The van der Waals surface area contributed by atoms with Crippen LogP contribution in [0.3, 0.4) is 0 Å². The molecule has 1 amide bonds. The minimum absolute atomic E-state index is 0.171. The van der Waals surface area contributed by atoms with Gasteiger partial charge >= 0.3 is 0 Å². The van der Waals surface area contributed by atoms with E-state index in [0.717, 1.165) is 13.1 Å². The van der Waals surface area contributed by atoms with E-state index in [0.29, 0.717) is 5.41 Å². The highest BCUT2D eigenvalue weighted by Gasteiger charge is 2.53. The zero-order valence-corrected chi connectivity index (χ0v) is 6.84. The summed E-state index contributed by atoms with van der Waals surface area (Å²) in [6.45, 7) is 3.30. The Morgan fingerprint density at radius 2 is 2.27 bits per heavy atom. The molecule has 2 aliphatic rings. The quantitative estimate of drug-likeness (QED) is 0.532. The van der Waals surface area contributed by atoms with Crippen molar-refractivity contribution in [2.45, 2.75) is 25.8 Å². The molecule has 3 nitrogen and oxygen atoms in total. The number of rotatable bonds is 0. The molecule has 1 aliphatic heterocycles. The summed E-state index contributed by atoms with van der Waals surface area (Å²) in [6, 6.07) is 0.242. The lowest BCUT2D eigenvalue weighted by Crippen LogP contribution is -2.31. The van der Waals surface area contributed by atoms with Crippen LogP contribution in [-0.4, -0.2) is 29.9 Å². The third kappa shape index (κ3) is 0.948. The maximum Gasteiger partial charge on any atom is 0.219 e. The van der Waals surface area contributed by atoms with Crippen LogP contribution in [0, 0.1) is 5.41 Å². The van der Waals surface area contributed by atoms with Gasteiger partial charge in [-0.2, -0.15) is 0 Å². The van der Waals surface area contributed by atoms with Crippen molar-refractivity contribution in [2.75, 3.05) is 13.1 Å². The molecule has 2 N–H and O–H groups in total. The predicted molar refractivity (Wildman–Crippen MR) is 41.9 cm³/mol. The fraction of sp³-hybridized carbons (Fsp3) is 0.875. The monoisotopic (exact) mass is 154 g/mol.